The molecule has 0 saturated heterocycles. The first-order valence-corrected chi connectivity index (χ1v) is 7.42. The third-order valence-corrected chi connectivity index (χ3v) is 4.05. The number of methoxy groups -OCH3 is 1. The third kappa shape index (κ3) is 2.75. The first-order chi connectivity index (χ1) is 10.7. The lowest BCUT2D eigenvalue weighted by atomic mass is 9.97. The van der Waals surface area contributed by atoms with Crippen molar-refractivity contribution in [1.82, 2.24) is 0 Å². The summed E-state index contributed by atoms with van der Waals surface area (Å²) in [6.45, 7) is 2.04. The van der Waals surface area contributed by atoms with Gasteiger partial charge in [0.05, 0.1) is 7.11 Å². The second-order valence-electron chi connectivity index (χ2n) is 5.50. The van der Waals surface area contributed by atoms with Gasteiger partial charge in [0.2, 0.25) is 0 Å². The number of amides is 1. The van der Waals surface area contributed by atoms with Crippen LogP contribution in [0, 0.1) is 0 Å². The van der Waals surface area contributed by atoms with Crippen molar-refractivity contribution in [2.45, 2.75) is 19.8 Å². The van der Waals surface area contributed by atoms with E-state index in [1.54, 1.807) is 7.11 Å². The molecule has 0 radical (unpaired) electrons. The topological polar surface area (TPSA) is 38.3 Å². The molecule has 0 spiro atoms. The molecule has 0 aliphatic carbocycles. The minimum Gasteiger partial charge on any atom is -0.497 e. The molecule has 3 heteroatoms. The van der Waals surface area contributed by atoms with Crippen molar-refractivity contribution in [3.05, 3.63) is 65.2 Å². The molecule has 1 heterocycles. The molecule has 112 valence electrons. The molecule has 1 aliphatic rings. The molecule has 0 unspecified atom stereocenters. The Kier molecular flexibility index (Phi) is 3.96. The van der Waals surface area contributed by atoms with Crippen LogP contribution in [0.25, 0.3) is 5.57 Å². The smallest absolute Gasteiger partial charge is 0.256 e. The number of allylic oxidation sites excluding steroid dienone is 1. The summed E-state index contributed by atoms with van der Waals surface area (Å²) < 4.78 is 5.17. The number of benzene rings is 2. The summed E-state index contributed by atoms with van der Waals surface area (Å²) in [6.07, 6.45) is 1.78. The van der Waals surface area contributed by atoms with Crippen molar-refractivity contribution in [2.75, 3.05) is 12.4 Å². The molecule has 0 bridgehead atoms. The fourth-order valence-corrected chi connectivity index (χ4v) is 2.79. The van der Waals surface area contributed by atoms with Crippen molar-refractivity contribution in [2.24, 2.45) is 0 Å². The summed E-state index contributed by atoms with van der Waals surface area (Å²) in [5.74, 6) is 0.872. The molecular weight excluding hydrogens is 274 g/mol. The monoisotopic (exact) mass is 293 g/mol. The Balaban J connectivity index is 1.78. The van der Waals surface area contributed by atoms with Crippen LogP contribution >= 0.6 is 0 Å². The predicted molar refractivity (Wildman–Crippen MR) is 89.0 cm³/mol. The van der Waals surface area contributed by atoms with Crippen LogP contribution in [0.5, 0.6) is 5.75 Å². The van der Waals surface area contributed by atoms with Gasteiger partial charge in [0.25, 0.3) is 5.91 Å². The molecular formula is C19H19NO2. The molecule has 1 amide bonds. The quantitative estimate of drug-likeness (QED) is 0.864. The van der Waals surface area contributed by atoms with Crippen molar-refractivity contribution in [3.63, 3.8) is 0 Å². The SMILES string of the molecule is COc1ccc(CC/C(C)=C2/C(=O)Nc3ccccc32)cc1. The zero-order chi connectivity index (χ0) is 15.5. The molecule has 3 rings (SSSR count). The normalized spacial score (nSPS) is 15.3. The summed E-state index contributed by atoms with van der Waals surface area (Å²) in [7, 11) is 1.67. The minimum atomic E-state index is 0.00781. The number of nitrogens with one attached hydrogen (secondary N) is 1. The number of para-hydroxylation sites is 1. The van der Waals surface area contributed by atoms with Gasteiger partial charge in [-0.15, -0.1) is 0 Å². The highest BCUT2D eigenvalue weighted by molar-refractivity contribution is 6.32. The van der Waals surface area contributed by atoms with Crippen LogP contribution < -0.4 is 10.1 Å². The Bertz CT molecular complexity index is 729. The van der Waals surface area contributed by atoms with Gasteiger partial charge in [-0.25, -0.2) is 0 Å². The molecule has 1 aliphatic heterocycles. The zero-order valence-electron chi connectivity index (χ0n) is 12.8. The van der Waals surface area contributed by atoms with Gasteiger partial charge in [-0.2, -0.15) is 0 Å². The van der Waals surface area contributed by atoms with E-state index in [9.17, 15) is 4.79 Å². The van der Waals surface area contributed by atoms with Crippen molar-refractivity contribution in [3.8, 4) is 5.75 Å². The van der Waals surface area contributed by atoms with Crippen LogP contribution in [0.3, 0.4) is 0 Å². The third-order valence-electron chi connectivity index (χ3n) is 4.05. The Morgan fingerprint density at radius 1 is 1.09 bits per heavy atom. The standard InChI is InChI=1S/C19H19NO2/c1-13(7-8-14-9-11-15(22-2)12-10-14)18-16-5-3-4-6-17(16)20-19(18)21/h3-6,9-12H,7-8H2,1-2H3,(H,20,21)/b18-13+. The molecule has 2 aromatic rings. The summed E-state index contributed by atoms with van der Waals surface area (Å²) in [5, 5.41) is 2.93. The Morgan fingerprint density at radius 3 is 2.55 bits per heavy atom. The van der Waals surface area contributed by atoms with E-state index >= 15 is 0 Å². The van der Waals surface area contributed by atoms with Gasteiger partial charge in [0, 0.05) is 16.8 Å². The van der Waals surface area contributed by atoms with Gasteiger partial charge in [-0.05, 0) is 43.5 Å². The highest BCUT2D eigenvalue weighted by Gasteiger charge is 2.25. The maximum atomic E-state index is 12.2. The molecule has 0 atom stereocenters. The lowest BCUT2D eigenvalue weighted by molar-refractivity contribution is -0.110. The van der Waals surface area contributed by atoms with E-state index in [1.807, 2.05) is 43.3 Å². The second kappa shape index (κ2) is 6.06. The lowest BCUT2D eigenvalue weighted by Gasteiger charge is -2.07. The van der Waals surface area contributed by atoms with E-state index < -0.39 is 0 Å². The molecule has 0 fully saturated rings. The Morgan fingerprint density at radius 2 is 1.82 bits per heavy atom. The fraction of sp³-hybridized carbons (Fsp3) is 0.211. The van der Waals surface area contributed by atoms with E-state index in [1.165, 1.54) is 5.56 Å². The Labute approximate surface area is 130 Å². The Hall–Kier alpha value is -2.55. The van der Waals surface area contributed by atoms with Gasteiger partial charge in [0.1, 0.15) is 5.75 Å². The van der Waals surface area contributed by atoms with Crippen molar-refractivity contribution in [1.29, 1.82) is 0 Å². The summed E-state index contributed by atoms with van der Waals surface area (Å²) in [4.78, 5) is 12.2. The van der Waals surface area contributed by atoms with Crippen LogP contribution in [0.4, 0.5) is 5.69 Å². The lowest BCUT2D eigenvalue weighted by Crippen LogP contribution is -2.05. The number of fused-ring (bicyclic) bond motifs is 1. The van der Waals surface area contributed by atoms with Crippen molar-refractivity contribution >= 4 is 17.2 Å². The molecule has 0 aromatic heterocycles. The minimum absolute atomic E-state index is 0.00781. The van der Waals surface area contributed by atoms with Crippen LogP contribution in [-0.2, 0) is 11.2 Å². The number of carbonyl (C=O) groups excluding carboxylic acids is 1. The fourth-order valence-electron chi connectivity index (χ4n) is 2.79. The van der Waals surface area contributed by atoms with E-state index in [2.05, 4.69) is 17.4 Å². The summed E-state index contributed by atoms with van der Waals surface area (Å²) >= 11 is 0. The number of hydrogen-bond acceptors (Lipinski definition) is 2. The van der Waals surface area contributed by atoms with Crippen molar-refractivity contribution < 1.29 is 9.53 Å². The number of aryl methyl sites for hydroxylation is 1. The van der Waals surface area contributed by atoms with E-state index in [0.717, 1.165) is 41.0 Å². The zero-order valence-corrected chi connectivity index (χ0v) is 12.8. The number of anilines is 1. The summed E-state index contributed by atoms with van der Waals surface area (Å²) in [5.41, 5.74) is 5.11. The number of ether oxygens (including phenoxy) is 1. The van der Waals surface area contributed by atoms with Gasteiger partial charge >= 0.3 is 0 Å². The average Bonchev–Trinajstić information content (AvgIpc) is 2.89. The largest absolute Gasteiger partial charge is 0.497 e. The average molecular weight is 293 g/mol. The van der Waals surface area contributed by atoms with Gasteiger partial charge in [0.15, 0.2) is 0 Å². The second-order valence-corrected chi connectivity index (χ2v) is 5.50. The number of rotatable bonds is 4. The van der Waals surface area contributed by atoms with E-state index in [-0.39, 0.29) is 5.91 Å². The predicted octanol–water partition coefficient (Wildman–Crippen LogP) is 4.05. The molecule has 0 saturated carbocycles. The first kappa shape index (κ1) is 14.4. The van der Waals surface area contributed by atoms with Gasteiger partial charge in [-0.3, -0.25) is 4.79 Å². The van der Waals surface area contributed by atoms with Crippen LogP contribution in [-0.4, -0.2) is 13.0 Å². The van der Waals surface area contributed by atoms with Crippen LogP contribution in [0.2, 0.25) is 0 Å². The number of hydrogen-bond donors (Lipinski definition) is 1. The van der Waals surface area contributed by atoms with E-state index in [4.69, 9.17) is 4.74 Å². The molecule has 22 heavy (non-hydrogen) atoms. The molecule has 1 N–H and O–H groups in total. The summed E-state index contributed by atoms with van der Waals surface area (Å²) in [6, 6.07) is 15.9. The molecule has 2 aromatic carbocycles. The van der Waals surface area contributed by atoms with Crippen LogP contribution in [0.15, 0.2) is 54.1 Å². The van der Waals surface area contributed by atoms with Crippen LogP contribution in [0.1, 0.15) is 24.5 Å². The maximum Gasteiger partial charge on any atom is 0.256 e. The number of carbonyl (C=O) groups is 1. The highest BCUT2D eigenvalue weighted by atomic mass is 16.5. The maximum absolute atomic E-state index is 12.2. The van der Waals surface area contributed by atoms with E-state index in [0.29, 0.717) is 0 Å². The molecule has 3 nitrogen and oxygen atoms in total. The van der Waals surface area contributed by atoms with Gasteiger partial charge < -0.3 is 10.1 Å². The van der Waals surface area contributed by atoms with Gasteiger partial charge in [-0.1, -0.05) is 35.9 Å². The highest BCUT2D eigenvalue weighted by Crippen LogP contribution is 2.34. The first-order valence-electron chi connectivity index (χ1n) is 7.42.